The van der Waals surface area contributed by atoms with Gasteiger partial charge >= 0.3 is 0 Å². The molecule has 1 rings (SSSR count). The maximum absolute atomic E-state index is 10.8. The number of hydrogen-bond donors (Lipinski definition) is 3. The van der Waals surface area contributed by atoms with Gasteiger partial charge in [-0.2, -0.15) is 0 Å². The first-order valence-corrected chi connectivity index (χ1v) is 7.78. The number of benzene rings is 1. The Morgan fingerprint density at radius 2 is 1.80 bits per heavy atom. The number of carbonyl (C=O) groups excluding carboxylic acids is 1. The Bertz CT molecular complexity index is 736. The van der Waals surface area contributed by atoms with Gasteiger partial charge in [-0.3, -0.25) is 4.79 Å². The van der Waals surface area contributed by atoms with Crippen LogP contribution in [0.1, 0.15) is 19.4 Å². The highest BCUT2D eigenvalue weighted by Crippen LogP contribution is 2.20. The van der Waals surface area contributed by atoms with Gasteiger partial charge in [0.2, 0.25) is 5.91 Å². The molecule has 3 N–H and O–H groups in total. The molecule has 1 amide bonds. The minimum atomic E-state index is -0.109. The molecule has 0 atom stereocenters. The van der Waals surface area contributed by atoms with Crippen LogP contribution in [0.2, 0.25) is 0 Å². The van der Waals surface area contributed by atoms with Crippen molar-refractivity contribution in [2.45, 2.75) is 13.8 Å². The minimum absolute atomic E-state index is 0.109. The molecule has 130 valence electrons. The summed E-state index contributed by atoms with van der Waals surface area (Å²) in [4.78, 5) is 10.8. The Labute approximate surface area is 149 Å². The van der Waals surface area contributed by atoms with Crippen LogP contribution >= 0.6 is 0 Å². The third-order valence-electron chi connectivity index (χ3n) is 3.30. The Kier molecular flexibility index (Phi) is 8.30. The fraction of sp³-hybridized carbons (Fsp3) is 0.0952. The molecule has 0 saturated carbocycles. The molecule has 25 heavy (non-hydrogen) atoms. The van der Waals surface area contributed by atoms with Crippen molar-refractivity contribution in [3.8, 4) is 0 Å². The second-order valence-electron chi connectivity index (χ2n) is 5.26. The summed E-state index contributed by atoms with van der Waals surface area (Å²) in [7, 11) is 0. The number of amides is 1. The van der Waals surface area contributed by atoms with Crippen LogP contribution in [0.3, 0.4) is 0 Å². The quantitative estimate of drug-likeness (QED) is 0.470. The van der Waals surface area contributed by atoms with Crippen LogP contribution in [0.25, 0.3) is 5.57 Å². The lowest BCUT2D eigenvalue weighted by Gasteiger charge is -2.11. The number of aliphatic hydroxyl groups is 1. The molecular weight excluding hydrogens is 312 g/mol. The molecule has 0 aliphatic rings. The molecule has 0 aliphatic carbocycles. The maximum atomic E-state index is 10.8. The van der Waals surface area contributed by atoms with E-state index in [0.29, 0.717) is 0 Å². The molecule has 1 aromatic rings. The minimum Gasteiger partial charge on any atom is -0.516 e. The number of aliphatic hydroxyl groups excluding tert-OH is 1. The van der Waals surface area contributed by atoms with Crippen molar-refractivity contribution in [2.24, 2.45) is 0 Å². The second kappa shape index (κ2) is 10.5. The highest BCUT2D eigenvalue weighted by atomic mass is 16.2. The lowest BCUT2D eigenvalue weighted by molar-refractivity contribution is -0.118. The van der Waals surface area contributed by atoms with Gasteiger partial charge in [-0.1, -0.05) is 43.5 Å². The van der Waals surface area contributed by atoms with Gasteiger partial charge in [0.15, 0.2) is 0 Å². The first-order chi connectivity index (χ1) is 12.0. The van der Waals surface area contributed by atoms with Gasteiger partial charge in [-0.25, -0.2) is 0 Å². The summed E-state index contributed by atoms with van der Waals surface area (Å²) in [5.74, 6) is -0.109. The van der Waals surface area contributed by atoms with Gasteiger partial charge in [-0.05, 0) is 47.9 Å². The second-order valence-corrected chi connectivity index (χ2v) is 5.26. The van der Waals surface area contributed by atoms with Crippen LogP contribution in [0.15, 0.2) is 91.5 Å². The molecular formula is C21H24N2O2. The van der Waals surface area contributed by atoms with Gasteiger partial charge in [0.05, 0.1) is 6.26 Å². The maximum Gasteiger partial charge on any atom is 0.220 e. The van der Waals surface area contributed by atoms with E-state index in [1.54, 1.807) is 30.5 Å². The molecule has 0 fully saturated rings. The molecule has 0 spiro atoms. The molecule has 0 unspecified atom stereocenters. The number of carbonyl (C=O) groups is 1. The van der Waals surface area contributed by atoms with Crippen molar-refractivity contribution in [3.05, 3.63) is 97.1 Å². The lowest BCUT2D eigenvalue weighted by atomic mass is 10.0. The van der Waals surface area contributed by atoms with E-state index >= 15 is 0 Å². The van der Waals surface area contributed by atoms with Crippen LogP contribution in [0.4, 0.5) is 5.69 Å². The Hall–Kier alpha value is -3.27. The molecule has 0 aliphatic heterocycles. The van der Waals surface area contributed by atoms with Crippen LogP contribution < -0.4 is 10.6 Å². The van der Waals surface area contributed by atoms with E-state index in [9.17, 15) is 4.79 Å². The zero-order chi connectivity index (χ0) is 18.7. The molecule has 0 radical (unpaired) electrons. The average molecular weight is 336 g/mol. The summed E-state index contributed by atoms with van der Waals surface area (Å²) in [6.07, 6.45) is 11.2. The van der Waals surface area contributed by atoms with E-state index in [1.165, 1.54) is 6.92 Å². The fourth-order valence-corrected chi connectivity index (χ4v) is 1.91. The predicted molar refractivity (Wildman–Crippen MR) is 106 cm³/mol. The Balaban J connectivity index is 2.75. The first kappa shape index (κ1) is 19.8. The topological polar surface area (TPSA) is 61.4 Å². The standard InChI is InChI=1S/C21H24N2O2/c1-5-19(9-7-15-24)20-10-12-21(13-11-20)23-17(3)16(2)8-6-14-22-18(4)25/h5-15,23-24H,1,3H2,2,4H3,(H,22,25)/b14-6-,15-7-,16-8+,19-9+. The SMILES string of the molecule is C=C/C(=C\C=C/O)c1ccc(NC(=C)/C(C)=C/C=C\NC(C)=O)cc1. The van der Waals surface area contributed by atoms with Gasteiger partial charge in [0.1, 0.15) is 0 Å². The zero-order valence-electron chi connectivity index (χ0n) is 14.6. The van der Waals surface area contributed by atoms with Crippen molar-refractivity contribution in [2.75, 3.05) is 5.32 Å². The highest BCUT2D eigenvalue weighted by Gasteiger charge is 2.00. The van der Waals surface area contributed by atoms with Gasteiger partial charge in [0.25, 0.3) is 0 Å². The number of nitrogens with one attached hydrogen (secondary N) is 2. The third kappa shape index (κ3) is 7.22. The highest BCUT2D eigenvalue weighted by molar-refractivity contribution is 5.76. The van der Waals surface area contributed by atoms with E-state index < -0.39 is 0 Å². The van der Waals surface area contributed by atoms with Crippen LogP contribution in [-0.2, 0) is 4.79 Å². The molecule has 1 aromatic carbocycles. The predicted octanol–water partition coefficient (Wildman–Crippen LogP) is 4.85. The molecule has 0 heterocycles. The summed E-state index contributed by atoms with van der Waals surface area (Å²) < 4.78 is 0. The van der Waals surface area contributed by atoms with Crippen molar-refractivity contribution in [1.82, 2.24) is 5.32 Å². The summed E-state index contributed by atoms with van der Waals surface area (Å²) in [6.45, 7) is 11.2. The lowest BCUT2D eigenvalue weighted by Crippen LogP contribution is -2.11. The summed E-state index contributed by atoms with van der Waals surface area (Å²) >= 11 is 0. The molecule has 4 heteroatoms. The zero-order valence-corrected chi connectivity index (χ0v) is 14.6. The van der Waals surface area contributed by atoms with Crippen molar-refractivity contribution in [3.63, 3.8) is 0 Å². The summed E-state index contributed by atoms with van der Waals surface area (Å²) in [5, 5.41) is 14.6. The van der Waals surface area contributed by atoms with Gasteiger partial charge in [0, 0.05) is 24.5 Å². The molecule has 0 bridgehead atoms. The van der Waals surface area contributed by atoms with Crippen LogP contribution in [0, 0.1) is 0 Å². The van der Waals surface area contributed by atoms with Gasteiger partial charge < -0.3 is 15.7 Å². The van der Waals surface area contributed by atoms with E-state index in [4.69, 9.17) is 5.11 Å². The van der Waals surface area contributed by atoms with E-state index in [1.807, 2.05) is 37.3 Å². The van der Waals surface area contributed by atoms with Crippen molar-refractivity contribution < 1.29 is 9.90 Å². The van der Waals surface area contributed by atoms with Crippen LogP contribution in [-0.4, -0.2) is 11.0 Å². The summed E-state index contributed by atoms with van der Waals surface area (Å²) in [5.41, 5.74) is 4.53. The molecule has 0 saturated heterocycles. The largest absolute Gasteiger partial charge is 0.516 e. The van der Waals surface area contributed by atoms with Crippen molar-refractivity contribution >= 4 is 17.2 Å². The summed E-state index contributed by atoms with van der Waals surface area (Å²) in [6, 6.07) is 7.82. The van der Waals surface area contributed by atoms with Crippen LogP contribution in [0.5, 0.6) is 0 Å². The number of rotatable bonds is 8. The third-order valence-corrected chi connectivity index (χ3v) is 3.30. The molecule has 4 nitrogen and oxygen atoms in total. The number of allylic oxidation sites excluding steroid dienone is 7. The normalized spacial score (nSPS) is 12.4. The van der Waals surface area contributed by atoms with Crippen molar-refractivity contribution in [1.29, 1.82) is 0 Å². The Morgan fingerprint density at radius 1 is 1.12 bits per heavy atom. The number of anilines is 1. The smallest absolute Gasteiger partial charge is 0.220 e. The number of hydrogen-bond acceptors (Lipinski definition) is 3. The van der Waals surface area contributed by atoms with Gasteiger partial charge in [-0.15, -0.1) is 0 Å². The van der Waals surface area contributed by atoms with E-state index in [-0.39, 0.29) is 5.91 Å². The fourth-order valence-electron chi connectivity index (χ4n) is 1.91. The Morgan fingerprint density at radius 3 is 2.36 bits per heavy atom. The van der Waals surface area contributed by atoms with E-state index in [0.717, 1.165) is 34.4 Å². The van der Waals surface area contributed by atoms with E-state index in [2.05, 4.69) is 23.8 Å². The first-order valence-electron chi connectivity index (χ1n) is 7.78. The molecule has 0 aromatic heterocycles. The monoisotopic (exact) mass is 336 g/mol. The average Bonchev–Trinajstić information content (AvgIpc) is 2.60.